The van der Waals surface area contributed by atoms with Gasteiger partial charge in [-0.05, 0) is 6.42 Å². The van der Waals surface area contributed by atoms with Gasteiger partial charge >= 0.3 is 17.9 Å². The summed E-state index contributed by atoms with van der Waals surface area (Å²) in [5, 5.41) is 23.0. The number of rotatable bonds is 10. The van der Waals surface area contributed by atoms with Crippen molar-refractivity contribution in [3.05, 3.63) is 29.7 Å². The number of aliphatic hydroxyl groups is 1. The molecule has 0 saturated carbocycles. The molecule has 0 aromatic heterocycles. The molecule has 0 heterocycles. The van der Waals surface area contributed by atoms with Gasteiger partial charge in [0.2, 0.25) is 0 Å². The molecule has 0 spiro atoms. The number of aliphatic hydroxyl groups excluding tert-OH is 1. The summed E-state index contributed by atoms with van der Waals surface area (Å²) in [5.41, 5.74) is 0.431. The van der Waals surface area contributed by atoms with Gasteiger partial charge in [-0.25, -0.2) is 9.59 Å². The summed E-state index contributed by atoms with van der Waals surface area (Å²) in [7, 11) is 0. The Morgan fingerprint density at radius 1 is 1.39 bits per heavy atom. The van der Waals surface area contributed by atoms with E-state index in [1.54, 1.807) is 6.92 Å². The molecule has 23 heavy (non-hydrogen) atoms. The molecule has 2 unspecified atom stereocenters. The number of carbonyl (C=O) groups is 3. The number of carboxylic acids is 1. The minimum atomic E-state index is -1.75. The van der Waals surface area contributed by atoms with Crippen LogP contribution in [-0.2, 0) is 9.59 Å². The molecule has 0 fully saturated rings. The molecule has 0 bridgehead atoms. The number of amides is 3. The van der Waals surface area contributed by atoms with Crippen molar-refractivity contribution in [1.82, 2.24) is 10.2 Å². The Kier molecular flexibility index (Phi) is 9.09. The lowest BCUT2D eigenvalue weighted by atomic mass is 10.1. The van der Waals surface area contributed by atoms with Crippen LogP contribution < -0.4 is 5.32 Å². The highest BCUT2D eigenvalue weighted by Crippen LogP contribution is 2.06. The van der Waals surface area contributed by atoms with Crippen LogP contribution in [0.5, 0.6) is 0 Å². The number of nitrogens with one attached hydrogen (secondary N) is 1. The number of allylic oxidation sites excluding steroid dienone is 1. The number of nitrogens with zero attached hydrogens (tertiary/aromatic N) is 2. The maximum absolute atomic E-state index is 12.1. The first-order chi connectivity index (χ1) is 10.8. The smallest absolute Gasteiger partial charge is 0.326 e. The molecule has 0 rings (SSSR count). The minimum absolute atomic E-state index is 0.0398. The fraction of sp³-hybridized carbons (Fsp3) is 0.500. The first-order valence-corrected chi connectivity index (χ1v) is 6.90. The van der Waals surface area contributed by atoms with Gasteiger partial charge in [0.15, 0.2) is 6.10 Å². The van der Waals surface area contributed by atoms with E-state index in [1.165, 1.54) is 6.08 Å². The number of carbonyl (C=O) groups excluding carboxylic acids is 2. The normalized spacial score (nSPS) is 12.6. The lowest BCUT2D eigenvalue weighted by molar-refractivity contribution is -0.139. The number of urea groups is 1. The van der Waals surface area contributed by atoms with E-state index in [-0.39, 0.29) is 13.0 Å². The second-order valence-corrected chi connectivity index (χ2v) is 4.80. The third-order valence-electron chi connectivity index (χ3n) is 2.90. The van der Waals surface area contributed by atoms with E-state index in [0.717, 1.165) is 4.90 Å². The van der Waals surface area contributed by atoms with Gasteiger partial charge in [-0.3, -0.25) is 4.79 Å². The standard InChI is InChI=1S/C14H21N3O6/c1-4-6-17(8-11(18)12(19)16-23)14(22)15-10(13(20)21)7-9(3)5-2/h5,10-11,18H,2-4,6-8H2,1H3,(H,15,22)(H,20,21). The van der Waals surface area contributed by atoms with E-state index in [1.807, 2.05) is 0 Å². The van der Waals surface area contributed by atoms with Gasteiger partial charge in [0.05, 0.1) is 6.54 Å². The molecule has 0 aliphatic carbocycles. The van der Waals surface area contributed by atoms with Gasteiger partial charge in [-0.2, -0.15) is 0 Å². The molecule has 0 aliphatic heterocycles. The number of aliphatic carboxylic acids is 1. The summed E-state index contributed by atoms with van der Waals surface area (Å²) in [6.07, 6.45) is 0.0857. The summed E-state index contributed by atoms with van der Waals surface area (Å²) in [5.74, 6) is -2.56. The number of hydrogen-bond acceptors (Lipinski definition) is 5. The van der Waals surface area contributed by atoms with E-state index in [9.17, 15) is 24.4 Å². The third kappa shape index (κ3) is 7.32. The summed E-state index contributed by atoms with van der Waals surface area (Å²) in [6, 6.07) is -2.02. The highest BCUT2D eigenvalue weighted by Gasteiger charge is 2.26. The van der Waals surface area contributed by atoms with Crippen LogP contribution in [0.2, 0.25) is 0 Å². The molecule has 2 atom stereocenters. The van der Waals surface area contributed by atoms with Crippen LogP contribution in [0.15, 0.2) is 30.0 Å². The lowest BCUT2D eigenvalue weighted by Gasteiger charge is -2.26. The van der Waals surface area contributed by atoms with Crippen LogP contribution in [0, 0.1) is 4.91 Å². The van der Waals surface area contributed by atoms with Crippen molar-refractivity contribution < 1.29 is 24.6 Å². The van der Waals surface area contributed by atoms with Gasteiger partial charge in [-0.15, -0.1) is 4.91 Å². The molecule has 9 heteroatoms. The Morgan fingerprint density at radius 3 is 2.43 bits per heavy atom. The average molecular weight is 327 g/mol. The SMILES string of the molecule is C=CC(=C)CC(NC(=O)N(CCC)CC(O)C(=O)N=O)C(=O)O. The fourth-order valence-corrected chi connectivity index (χ4v) is 1.68. The predicted octanol–water partition coefficient (Wildman–Crippen LogP) is 0.647. The Balaban J connectivity index is 4.96. The zero-order valence-electron chi connectivity index (χ0n) is 12.9. The second kappa shape index (κ2) is 10.2. The molecular weight excluding hydrogens is 306 g/mol. The van der Waals surface area contributed by atoms with Gasteiger partial charge in [0.1, 0.15) is 6.04 Å². The van der Waals surface area contributed by atoms with Crippen molar-refractivity contribution >= 4 is 17.9 Å². The van der Waals surface area contributed by atoms with E-state index < -0.39 is 36.6 Å². The summed E-state index contributed by atoms with van der Waals surface area (Å²) < 4.78 is 0. The van der Waals surface area contributed by atoms with Crippen LogP contribution in [0.4, 0.5) is 4.79 Å². The van der Waals surface area contributed by atoms with Crippen LogP contribution in [0.3, 0.4) is 0 Å². The Labute approximate surface area is 133 Å². The zero-order chi connectivity index (χ0) is 18.0. The largest absolute Gasteiger partial charge is 0.480 e. The monoisotopic (exact) mass is 327 g/mol. The highest BCUT2D eigenvalue weighted by molar-refractivity contribution is 5.84. The number of nitroso groups, excluding NO2 is 1. The quantitative estimate of drug-likeness (QED) is 0.398. The van der Waals surface area contributed by atoms with E-state index in [2.05, 4.69) is 23.7 Å². The van der Waals surface area contributed by atoms with Crippen molar-refractivity contribution in [2.24, 2.45) is 5.18 Å². The molecule has 0 saturated heterocycles. The molecule has 0 aromatic carbocycles. The van der Waals surface area contributed by atoms with Crippen molar-refractivity contribution in [3.8, 4) is 0 Å². The minimum Gasteiger partial charge on any atom is -0.480 e. The van der Waals surface area contributed by atoms with Crippen LogP contribution in [0.1, 0.15) is 19.8 Å². The first kappa shape index (κ1) is 20.5. The molecule has 0 aromatic rings. The topological polar surface area (TPSA) is 136 Å². The summed E-state index contributed by atoms with van der Waals surface area (Å²) in [4.78, 5) is 45.4. The van der Waals surface area contributed by atoms with Crippen LogP contribution >= 0.6 is 0 Å². The first-order valence-electron chi connectivity index (χ1n) is 6.90. The summed E-state index contributed by atoms with van der Waals surface area (Å²) >= 11 is 0. The maximum Gasteiger partial charge on any atom is 0.326 e. The molecule has 0 aliphatic rings. The lowest BCUT2D eigenvalue weighted by Crippen LogP contribution is -2.50. The molecule has 128 valence electrons. The number of hydrogen-bond donors (Lipinski definition) is 3. The number of carboxylic acid groups (broad SMARTS) is 1. The molecular formula is C14H21N3O6. The maximum atomic E-state index is 12.1. The summed E-state index contributed by atoms with van der Waals surface area (Å²) in [6.45, 7) is 8.50. The average Bonchev–Trinajstić information content (AvgIpc) is 2.52. The van der Waals surface area contributed by atoms with Gasteiger partial charge in [-0.1, -0.05) is 31.7 Å². The van der Waals surface area contributed by atoms with E-state index >= 15 is 0 Å². The van der Waals surface area contributed by atoms with Crippen molar-refractivity contribution in [3.63, 3.8) is 0 Å². The van der Waals surface area contributed by atoms with Crippen LogP contribution in [-0.4, -0.2) is 58.3 Å². The molecule has 0 radical (unpaired) electrons. The third-order valence-corrected chi connectivity index (χ3v) is 2.90. The van der Waals surface area contributed by atoms with Gasteiger partial charge < -0.3 is 20.4 Å². The van der Waals surface area contributed by atoms with Crippen LogP contribution in [0.25, 0.3) is 0 Å². The Bertz CT molecular complexity index is 491. The van der Waals surface area contributed by atoms with Crippen molar-refractivity contribution in [1.29, 1.82) is 0 Å². The van der Waals surface area contributed by atoms with Gasteiger partial charge in [0, 0.05) is 18.1 Å². The molecule has 3 N–H and O–H groups in total. The van der Waals surface area contributed by atoms with E-state index in [0.29, 0.717) is 12.0 Å². The van der Waals surface area contributed by atoms with Crippen molar-refractivity contribution in [2.45, 2.75) is 31.9 Å². The van der Waals surface area contributed by atoms with E-state index in [4.69, 9.17) is 5.11 Å². The van der Waals surface area contributed by atoms with Gasteiger partial charge in [0.25, 0.3) is 0 Å². The zero-order valence-corrected chi connectivity index (χ0v) is 12.9. The Morgan fingerprint density at radius 2 is 2.00 bits per heavy atom. The fourth-order valence-electron chi connectivity index (χ4n) is 1.68. The molecule has 9 nitrogen and oxygen atoms in total. The Hall–Kier alpha value is -2.55. The highest BCUT2D eigenvalue weighted by atomic mass is 16.4. The second-order valence-electron chi connectivity index (χ2n) is 4.80. The van der Waals surface area contributed by atoms with Crippen molar-refractivity contribution in [2.75, 3.05) is 13.1 Å². The molecule has 3 amide bonds. The predicted molar refractivity (Wildman–Crippen MR) is 82.6 cm³/mol.